The number of esters is 1. The van der Waals surface area contributed by atoms with Crippen molar-refractivity contribution < 1.29 is 19.7 Å². The fourth-order valence-electron chi connectivity index (χ4n) is 11.9. The van der Waals surface area contributed by atoms with Gasteiger partial charge in [0, 0.05) is 5.41 Å². The van der Waals surface area contributed by atoms with Crippen LogP contribution in [0.4, 0.5) is 0 Å². The maximum Gasteiger partial charge on any atom is 0.312 e. The Morgan fingerprint density at radius 1 is 0.857 bits per heavy atom. The molecular weight excluding hydrogens is 436 g/mol. The molecule has 0 bridgehead atoms. The van der Waals surface area contributed by atoms with Gasteiger partial charge in [0.05, 0.1) is 25.2 Å². The zero-order valence-electron chi connectivity index (χ0n) is 23.5. The third-order valence-corrected chi connectivity index (χ3v) is 14.3. The van der Waals surface area contributed by atoms with Gasteiger partial charge in [-0.15, -0.1) is 0 Å². The third kappa shape index (κ3) is 3.08. The van der Waals surface area contributed by atoms with Crippen LogP contribution >= 0.6 is 0 Å². The number of aliphatic hydroxyl groups excluding tert-OH is 2. The van der Waals surface area contributed by atoms with Gasteiger partial charge in [0.15, 0.2) is 0 Å². The van der Waals surface area contributed by atoms with Gasteiger partial charge in [0.2, 0.25) is 0 Å². The van der Waals surface area contributed by atoms with Crippen LogP contribution in [-0.2, 0) is 9.53 Å². The molecule has 0 aliphatic heterocycles. The molecule has 0 spiro atoms. The molecule has 200 valence electrons. The van der Waals surface area contributed by atoms with Gasteiger partial charge in [0.1, 0.15) is 0 Å². The van der Waals surface area contributed by atoms with Crippen molar-refractivity contribution in [3.8, 4) is 0 Å². The summed E-state index contributed by atoms with van der Waals surface area (Å²) >= 11 is 0. The van der Waals surface area contributed by atoms with Crippen LogP contribution in [0.25, 0.3) is 0 Å². The molecule has 12 atom stereocenters. The highest BCUT2D eigenvalue weighted by atomic mass is 16.5. The molecule has 0 aromatic carbocycles. The molecule has 5 aliphatic rings. The predicted octanol–water partition coefficient (Wildman–Crippen LogP) is 6.23. The minimum absolute atomic E-state index is 0.0613. The van der Waals surface area contributed by atoms with Gasteiger partial charge < -0.3 is 14.9 Å². The van der Waals surface area contributed by atoms with E-state index in [0.717, 1.165) is 44.9 Å². The van der Waals surface area contributed by atoms with Crippen LogP contribution in [0.5, 0.6) is 0 Å². The quantitative estimate of drug-likeness (QED) is 0.452. The Morgan fingerprint density at radius 3 is 2.23 bits per heavy atom. The lowest BCUT2D eigenvalue weighted by atomic mass is 9.31. The number of aliphatic hydroxyl groups is 2. The maximum absolute atomic E-state index is 13.4. The van der Waals surface area contributed by atoms with E-state index in [0.29, 0.717) is 35.5 Å². The summed E-state index contributed by atoms with van der Waals surface area (Å²) in [4.78, 5) is 13.4. The second kappa shape index (κ2) is 8.19. The van der Waals surface area contributed by atoms with E-state index in [1.807, 2.05) is 0 Å². The Bertz CT molecular complexity index is 857. The number of ether oxygens (including phenoxy) is 1. The van der Waals surface area contributed by atoms with Crippen LogP contribution in [0, 0.1) is 62.6 Å². The number of carbonyl (C=O) groups is 1. The molecule has 5 aliphatic carbocycles. The van der Waals surface area contributed by atoms with Crippen LogP contribution in [0.2, 0.25) is 0 Å². The first-order valence-electron chi connectivity index (χ1n) is 14.7. The summed E-state index contributed by atoms with van der Waals surface area (Å²) in [5.41, 5.74) is -0.1000. The first kappa shape index (κ1) is 26.0. The van der Waals surface area contributed by atoms with Crippen molar-refractivity contribution in [1.29, 1.82) is 0 Å². The van der Waals surface area contributed by atoms with Gasteiger partial charge in [0.25, 0.3) is 0 Å². The fraction of sp³-hybridized carbons (Fsp3) is 0.968. The van der Waals surface area contributed by atoms with E-state index in [1.54, 1.807) is 7.11 Å². The molecule has 5 saturated carbocycles. The maximum atomic E-state index is 13.4. The molecule has 0 saturated heterocycles. The number of hydrogen-bond acceptors (Lipinski definition) is 4. The Morgan fingerprint density at radius 2 is 1.57 bits per heavy atom. The molecule has 0 radical (unpaired) electrons. The van der Waals surface area contributed by atoms with Crippen molar-refractivity contribution in [3.63, 3.8) is 0 Å². The first-order valence-corrected chi connectivity index (χ1v) is 14.7. The molecule has 5 fully saturated rings. The lowest BCUT2D eigenvalue weighted by molar-refractivity contribution is -0.263. The summed E-state index contributed by atoms with van der Waals surface area (Å²) in [6.45, 7) is 14.8. The summed E-state index contributed by atoms with van der Waals surface area (Å²) < 4.78 is 5.52. The van der Waals surface area contributed by atoms with Gasteiger partial charge >= 0.3 is 5.97 Å². The second-order valence-electron chi connectivity index (χ2n) is 14.9. The Hall–Kier alpha value is -0.610. The molecule has 0 amide bonds. The number of rotatable bonds is 2. The lowest BCUT2D eigenvalue weighted by Crippen LogP contribution is -2.68. The molecule has 5 rings (SSSR count). The molecule has 2 N–H and O–H groups in total. The van der Waals surface area contributed by atoms with E-state index in [4.69, 9.17) is 4.74 Å². The average molecular weight is 489 g/mol. The summed E-state index contributed by atoms with van der Waals surface area (Å²) in [6.07, 6.45) is 10.4. The predicted molar refractivity (Wildman–Crippen MR) is 138 cm³/mol. The van der Waals surface area contributed by atoms with Gasteiger partial charge in [-0.25, -0.2) is 0 Å². The van der Waals surface area contributed by atoms with Gasteiger partial charge in [-0.2, -0.15) is 0 Å². The third-order valence-electron chi connectivity index (χ3n) is 14.3. The first-order chi connectivity index (χ1) is 16.4. The van der Waals surface area contributed by atoms with E-state index in [2.05, 4.69) is 41.5 Å². The van der Waals surface area contributed by atoms with Crippen molar-refractivity contribution in [3.05, 3.63) is 0 Å². The van der Waals surface area contributed by atoms with E-state index >= 15 is 0 Å². The topological polar surface area (TPSA) is 66.8 Å². The highest BCUT2D eigenvalue weighted by Crippen LogP contribution is 2.77. The van der Waals surface area contributed by atoms with Crippen molar-refractivity contribution in [2.24, 2.45) is 62.6 Å². The van der Waals surface area contributed by atoms with Crippen molar-refractivity contribution in [2.75, 3.05) is 13.7 Å². The molecule has 4 heteroatoms. The fourth-order valence-corrected chi connectivity index (χ4v) is 11.9. The summed E-state index contributed by atoms with van der Waals surface area (Å²) in [5, 5.41) is 21.4. The summed E-state index contributed by atoms with van der Waals surface area (Å²) in [5.74, 6) is 3.21. The molecular formula is C31H52O4. The smallest absolute Gasteiger partial charge is 0.312 e. The molecule has 0 aromatic rings. The van der Waals surface area contributed by atoms with E-state index in [-0.39, 0.29) is 34.2 Å². The van der Waals surface area contributed by atoms with Crippen molar-refractivity contribution in [2.45, 2.75) is 112 Å². The number of fused-ring (bicyclic) bond motifs is 7. The van der Waals surface area contributed by atoms with Crippen LogP contribution in [0.3, 0.4) is 0 Å². The zero-order valence-corrected chi connectivity index (χ0v) is 23.5. The Kier molecular flexibility index (Phi) is 6.09. The van der Waals surface area contributed by atoms with Gasteiger partial charge in [-0.05, 0) is 116 Å². The second-order valence-corrected chi connectivity index (χ2v) is 14.9. The minimum Gasteiger partial charge on any atom is -0.469 e. The average Bonchev–Trinajstić information content (AvgIpc) is 2.83. The molecule has 0 heterocycles. The minimum atomic E-state index is -0.401. The number of hydrogen-bond donors (Lipinski definition) is 2. The van der Waals surface area contributed by atoms with E-state index in [1.165, 1.54) is 19.3 Å². The Labute approximate surface area is 214 Å². The van der Waals surface area contributed by atoms with Crippen LogP contribution in [0.15, 0.2) is 0 Å². The van der Waals surface area contributed by atoms with Crippen molar-refractivity contribution in [1.82, 2.24) is 0 Å². The van der Waals surface area contributed by atoms with Gasteiger partial charge in [-0.1, -0.05) is 41.5 Å². The zero-order chi connectivity index (χ0) is 25.6. The lowest BCUT2D eigenvalue weighted by Gasteiger charge is -2.73. The van der Waals surface area contributed by atoms with Crippen LogP contribution in [-0.4, -0.2) is 36.0 Å². The number of carbonyl (C=O) groups excluding carboxylic acids is 1. The number of methoxy groups -OCH3 is 1. The summed E-state index contributed by atoms with van der Waals surface area (Å²) in [6, 6.07) is 0. The molecule has 0 unspecified atom stereocenters. The van der Waals surface area contributed by atoms with Crippen molar-refractivity contribution >= 4 is 5.97 Å². The highest BCUT2D eigenvalue weighted by molar-refractivity contribution is 5.77. The largest absolute Gasteiger partial charge is 0.469 e. The highest BCUT2D eigenvalue weighted by Gasteiger charge is 2.71. The SMILES string of the molecule is COC(=O)[C@]12CC[C@@H](C)[C@H](C)[C@H]1[C@H]1CC[C@@H]3[C@@]4(C)CC[C@H](O)[C@@](C)(CO)[C@@H]4CC[C@@]3(C)[C@]1(C)CC2. The molecule has 0 aromatic heterocycles. The normalized spacial score (nSPS) is 57.8. The molecule has 4 nitrogen and oxygen atoms in total. The molecule has 35 heavy (non-hydrogen) atoms. The van der Waals surface area contributed by atoms with E-state index < -0.39 is 11.5 Å². The standard InChI is InChI=1S/C31H52O4/c1-19-10-15-31(26(34)35-7)17-16-29(5)21(25(31)20(19)2)8-9-23-27(3)13-12-24(33)28(4,18-32)22(27)11-14-30(23,29)6/h19-25,32-33H,8-18H2,1-7H3/t19-,20+,21-,22-,23-,24+,25+,27+,28+,29-,30-,31+/m1/s1. The van der Waals surface area contributed by atoms with Crippen LogP contribution < -0.4 is 0 Å². The van der Waals surface area contributed by atoms with E-state index in [9.17, 15) is 15.0 Å². The monoisotopic (exact) mass is 488 g/mol. The van der Waals surface area contributed by atoms with Gasteiger partial charge in [-0.3, -0.25) is 4.79 Å². The Balaban J connectivity index is 1.56. The van der Waals surface area contributed by atoms with Crippen LogP contribution in [0.1, 0.15) is 106 Å². The summed E-state index contributed by atoms with van der Waals surface area (Å²) in [7, 11) is 1.60.